The molecule has 3 nitrogen and oxygen atoms in total. The lowest BCUT2D eigenvalue weighted by Gasteiger charge is -2.29. The first-order valence-electron chi connectivity index (χ1n) is 19.0. The van der Waals surface area contributed by atoms with Gasteiger partial charge in [-0.1, -0.05) is 153 Å². The number of benzene rings is 9. The number of hydrogen-bond acceptors (Lipinski definition) is 2. The van der Waals surface area contributed by atoms with E-state index in [1.807, 2.05) is 48.5 Å². The number of nitrogens with zero attached hydrogens (tertiary/aromatic N) is 2. The first-order valence-corrected chi connectivity index (χ1v) is 20.7. The van der Waals surface area contributed by atoms with Crippen LogP contribution in [0.4, 0.5) is 0 Å². The number of aryl methyl sites for hydroxylation is 1. The number of fused-ring (bicyclic) bond motifs is 5. The molecule has 55 heavy (non-hydrogen) atoms. The van der Waals surface area contributed by atoms with Crippen LogP contribution in [-0.2, 0) is 11.0 Å². The third-order valence-corrected chi connectivity index (χ3v) is 14.6. The van der Waals surface area contributed by atoms with E-state index in [0.29, 0.717) is 0 Å². The minimum Gasteiger partial charge on any atom is -0.308 e. The molecule has 1 aliphatic rings. The van der Waals surface area contributed by atoms with Crippen LogP contribution < -0.4 is 15.9 Å². The van der Waals surface area contributed by atoms with Crippen molar-refractivity contribution in [3.63, 3.8) is 0 Å². The van der Waals surface area contributed by atoms with Crippen molar-refractivity contribution in [3.05, 3.63) is 188 Å². The van der Waals surface area contributed by atoms with Crippen molar-refractivity contribution in [3.8, 4) is 39.1 Å². The molecule has 10 aromatic rings. The maximum absolute atomic E-state index is 15.7. The molecule has 1 unspecified atom stereocenters. The van der Waals surface area contributed by atoms with Crippen molar-refractivity contribution in [1.82, 2.24) is 9.55 Å². The maximum Gasteiger partial charge on any atom is 0.175 e. The number of rotatable bonds is 5. The molecule has 11 rings (SSSR count). The molecule has 9 aromatic carbocycles. The van der Waals surface area contributed by atoms with Crippen LogP contribution in [-0.4, -0.2) is 9.55 Å². The molecule has 0 aliphatic carbocycles. The molecule has 260 valence electrons. The molecular weight excluding hydrogens is 688 g/mol. The van der Waals surface area contributed by atoms with Crippen LogP contribution in [0, 0.1) is 0 Å². The highest BCUT2D eigenvalue weighted by molar-refractivity contribution is 7.86. The van der Waals surface area contributed by atoms with E-state index in [0.717, 1.165) is 56.0 Å². The Kier molecular flexibility index (Phi) is 7.11. The molecule has 2 heterocycles. The number of hydrogen-bond donors (Lipinski definition) is 0. The van der Waals surface area contributed by atoms with Gasteiger partial charge >= 0.3 is 0 Å². The van der Waals surface area contributed by atoms with Crippen LogP contribution in [0.25, 0.3) is 82.4 Å². The summed E-state index contributed by atoms with van der Waals surface area (Å²) >= 11 is 0. The van der Waals surface area contributed by atoms with Crippen LogP contribution in [0.15, 0.2) is 182 Å². The van der Waals surface area contributed by atoms with Crippen LogP contribution in [0.3, 0.4) is 0 Å². The van der Waals surface area contributed by atoms with Crippen molar-refractivity contribution in [2.75, 3.05) is 0 Å². The zero-order valence-electron chi connectivity index (χ0n) is 30.3. The summed E-state index contributed by atoms with van der Waals surface area (Å²) in [5.41, 5.74) is 9.81. The third kappa shape index (κ3) is 4.70. The fourth-order valence-corrected chi connectivity index (χ4v) is 12.0. The fourth-order valence-electron chi connectivity index (χ4n) is 9.03. The van der Waals surface area contributed by atoms with E-state index in [1.165, 1.54) is 54.6 Å². The summed E-state index contributed by atoms with van der Waals surface area (Å²) in [7, 11) is -3.21. The Balaban J connectivity index is 1.21. The quantitative estimate of drug-likeness (QED) is 0.131. The zero-order valence-corrected chi connectivity index (χ0v) is 31.2. The number of para-hydroxylation sites is 1. The Labute approximate surface area is 319 Å². The Hall–Kier alpha value is -6.54. The highest BCUT2D eigenvalue weighted by Crippen LogP contribution is 2.50. The summed E-state index contributed by atoms with van der Waals surface area (Å²) in [6, 6.07) is 64.6. The second-order valence-electron chi connectivity index (χ2n) is 14.5. The molecule has 0 radical (unpaired) electrons. The van der Waals surface area contributed by atoms with Gasteiger partial charge in [0.15, 0.2) is 7.14 Å². The van der Waals surface area contributed by atoms with Crippen LogP contribution in [0.5, 0.6) is 0 Å². The third-order valence-electron chi connectivity index (χ3n) is 11.5. The van der Waals surface area contributed by atoms with E-state index in [1.54, 1.807) is 0 Å². The van der Waals surface area contributed by atoms with Crippen molar-refractivity contribution in [1.29, 1.82) is 0 Å². The standard InChI is InChI=1S/C51H35N2OP/c1-2-48-52-44-22-13-23-47-51(44)53(48)45-32-37(27-29-46(45)55(47,54)39-18-7-4-8-19-39)36-26-28-42-43(31-36)50(38-25-24-33-14-9-10-17-35(33)30-38)41-21-12-11-20-40(41)49(42)34-15-5-3-6-16-34/h3-32H,2H2,1H3. The van der Waals surface area contributed by atoms with E-state index < -0.39 is 7.14 Å². The van der Waals surface area contributed by atoms with Crippen LogP contribution in [0.1, 0.15) is 12.7 Å². The topological polar surface area (TPSA) is 34.9 Å². The van der Waals surface area contributed by atoms with E-state index in [2.05, 4.69) is 145 Å². The smallest absolute Gasteiger partial charge is 0.175 e. The van der Waals surface area contributed by atoms with Crippen LogP contribution in [0.2, 0.25) is 0 Å². The van der Waals surface area contributed by atoms with Gasteiger partial charge < -0.3 is 4.57 Å². The van der Waals surface area contributed by atoms with Gasteiger partial charge in [-0.05, 0) is 102 Å². The summed E-state index contributed by atoms with van der Waals surface area (Å²) in [5, 5.41) is 9.86. The molecule has 0 bridgehead atoms. The summed E-state index contributed by atoms with van der Waals surface area (Å²) in [6.45, 7) is 2.14. The van der Waals surface area contributed by atoms with Gasteiger partial charge in [0, 0.05) is 22.3 Å². The number of aromatic nitrogens is 2. The van der Waals surface area contributed by atoms with Gasteiger partial charge in [0.05, 0.1) is 16.7 Å². The summed E-state index contributed by atoms with van der Waals surface area (Å²) in [6.07, 6.45) is 0.758. The van der Waals surface area contributed by atoms with Gasteiger partial charge in [0.2, 0.25) is 0 Å². The molecule has 0 saturated heterocycles. The highest BCUT2D eigenvalue weighted by atomic mass is 31.2. The molecule has 1 atom stereocenters. The molecule has 0 amide bonds. The lowest BCUT2D eigenvalue weighted by Crippen LogP contribution is -2.33. The van der Waals surface area contributed by atoms with Crippen molar-refractivity contribution < 1.29 is 4.57 Å². The minimum atomic E-state index is -3.21. The minimum absolute atomic E-state index is 0.758. The normalized spacial score (nSPS) is 14.9. The second kappa shape index (κ2) is 12.2. The van der Waals surface area contributed by atoms with E-state index in [-0.39, 0.29) is 0 Å². The monoisotopic (exact) mass is 722 g/mol. The molecule has 4 heteroatoms. The molecule has 0 N–H and O–H groups in total. The predicted molar refractivity (Wildman–Crippen MR) is 232 cm³/mol. The van der Waals surface area contributed by atoms with Crippen molar-refractivity contribution >= 4 is 66.4 Å². The Morgan fingerprint density at radius 1 is 0.491 bits per heavy atom. The van der Waals surface area contributed by atoms with E-state index in [4.69, 9.17) is 4.98 Å². The SMILES string of the molecule is CCc1nc2cccc3c2n1-c1cc(-c2ccc4c(-c5ccccc5)c5ccccc5c(-c5ccc6ccccc6c5)c4c2)ccc1P3(=O)c1ccccc1. The average Bonchev–Trinajstić information content (AvgIpc) is 3.64. The first-order chi connectivity index (χ1) is 27.1. The van der Waals surface area contributed by atoms with Crippen molar-refractivity contribution in [2.45, 2.75) is 13.3 Å². The van der Waals surface area contributed by atoms with Gasteiger partial charge in [-0.25, -0.2) is 4.98 Å². The Morgan fingerprint density at radius 3 is 1.91 bits per heavy atom. The van der Waals surface area contributed by atoms with Gasteiger partial charge in [-0.15, -0.1) is 0 Å². The van der Waals surface area contributed by atoms with Gasteiger partial charge in [0.25, 0.3) is 0 Å². The lowest BCUT2D eigenvalue weighted by atomic mass is 9.84. The van der Waals surface area contributed by atoms with Gasteiger partial charge in [-0.2, -0.15) is 0 Å². The molecular formula is C51H35N2OP. The summed E-state index contributed by atoms with van der Waals surface area (Å²) < 4.78 is 18.0. The molecule has 0 fully saturated rings. The van der Waals surface area contributed by atoms with Crippen molar-refractivity contribution in [2.24, 2.45) is 0 Å². The summed E-state index contributed by atoms with van der Waals surface area (Å²) in [5.74, 6) is 0.969. The van der Waals surface area contributed by atoms with E-state index >= 15 is 4.57 Å². The molecule has 1 aromatic heterocycles. The molecule has 0 saturated carbocycles. The zero-order chi connectivity index (χ0) is 36.7. The largest absolute Gasteiger partial charge is 0.308 e. The Morgan fingerprint density at radius 2 is 1.13 bits per heavy atom. The predicted octanol–water partition coefficient (Wildman–Crippen LogP) is 12.0. The Bertz CT molecular complexity index is 3220. The maximum atomic E-state index is 15.7. The second-order valence-corrected chi connectivity index (χ2v) is 17.2. The van der Waals surface area contributed by atoms with Gasteiger partial charge in [-0.3, -0.25) is 4.57 Å². The average molecular weight is 723 g/mol. The molecule has 0 spiro atoms. The first kappa shape index (κ1) is 31.9. The van der Waals surface area contributed by atoms with Gasteiger partial charge in [0.1, 0.15) is 5.82 Å². The number of imidazole rings is 1. The van der Waals surface area contributed by atoms with E-state index in [9.17, 15) is 0 Å². The highest BCUT2D eigenvalue weighted by Gasteiger charge is 2.39. The molecule has 1 aliphatic heterocycles. The van der Waals surface area contributed by atoms with Crippen LogP contribution >= 0.6 is 7.14 Å². The summed E-state index contributed by atoms with van der Waals surface area (Å²) in [4.78, 5) is 5.08. The lowest BCUT2D eigenvalue weighted by molar-refractivity contribution is 0.592. The fraction of sp³-hybridized carbons (Fsp3) is 0.0392.